The van der Waals surface area contributed by atoms with Crippen molar-refractivity contribution in [3.63, 3.8) is 0 Å². The second-order valence-corrected chi connectivity index (χ2v) is 5.03. The van der Waals surface area contributed by atoms with E-state index in [-0.39, 0.29) is 11.8 Å². The molecule has 2 heterocycles. The molecule has 6 nitrogen and oxygen atoms in total. The summed E-state index contributed by atoms with van der Waals surface area (Å²) in [6.07, 6.45) is 0. The zero-order valence-corrected chi connectivity index (χ0v) is 12.1. The highest BCUT2D eigenvalue weighted by molar-refractivity contribution is 6.21. The van der Waals surface area contributed by atoms with Crippen LogP contribution in [0.1, 0.15) is 38.1 Å². The fraction of sp³-hybridized carbons (Fsp3) is 0.267. The summed E-state index contributed by atoms with van der Waals surface area (Å²) in [5.74, 6) is 0.843. The quantitative estimate of drug-likeness (QED) is 0.874. The number of fused-ring (bicyclic) bond motifs is 1. The number of hydrogen-bond acceptors (Lipinski definition) is 5. The van der Waals surface area contributed by atoms with Crippen LogP contribution in [-0.2, 0) is 6.54 Å². The van der Waals surface area contributed by atoms with E-state index < -0.39 is 0 Å². The maximum atomic E-state index is 11.9. The molecule has 1 aliphatic rings. The number of amides is 2. The third kappa shape index (κ3) is 2.18. The monoisotopic (exact) mass is 285 g/mol. The van der Waals surface area contributed by atoms with Crippen molar-refractivity contribution in [3.05, 3.63) is 46.7 Å². The van der Waals surface area contributed by atoms with E-state index in [0.717, 1.165) is 22.0 Å². The summed E-state index contributed by atoms with van der Waals surface area (Å²) < 4.78 is 5.48. The zero-order valence-electron chi connectivity index (χ0n) is 12.1. The Morgan fingerprint density at radius 1 is 1.19 bits per heavy atom. The van der Waals surface area contributed by atoms with Crippen molar-refractivity contribution in [2.45, 2.75) is 20.4 Å². The number of aryl methyl sites for hydroxylation is 2. The Labute approximate surface area is 121 Å². The van der Waals surface area contributed by atoms with E-state index in [4.69, 9.17) is 4.42 Å². The van der Waals surface area contributed by atoms with Crippen LogP contribution in [0.5, 0.6) is 0 Å². The van der Waals surface area contributed by atoms with E-state index in [2.05, 4.69) is 10.3 Å². The van der Waals surface area contributed by atoms with Gasteiger partial charge in [-0.25, -0.2) is 4.98 Å². The molecule has 2 amide bonds. The average molecular weight is 285 g/mol. The number of hydrogen-bond donors (Lipinski definition) is 1. The second-order valence-electron chi connectivity index (χ2n) is 5.03. The number of rotatable bonds is 3. The molecule has 108 valence electrons. The van der Waals surface area contributed by atoms with E-state index in [1.165, 1.54) is 7.05 Å². The summed E-state index contributed by atoms with van der Waals surface area (Å²) in [7, 11) is 1.48. The smallest absolute Gasteiger partial charge is 0.261 e. The third-order valence-corrected chi connectivity index (χ3v) is 3.61. The number of oxazole rings is 1. The fourth-order valence-electron chi connectivity index (χ4n) is 2.26. The van der Waals surface area contributed by atoms with E-state index >= 15 is 0 Å². The molecule has 0 bridgehead atoms. The molecule has 0 saturated heterocycles. The van der Waals surface area contributed by atoms with Crippen molar-refractivity contribution in [1.82, 2.24) is 9.88 Å². The number of carbonyl (C=O) groups excluding carboxylic acids is 2. The Morgan fingerprint density at radius 3 is 2.57 bits per heavy atom. The van der Waals surface area contributed by atoms with E-state index in [1.807, 2.05) is 13.8 Å². The Morgan fingerprint density at radius 2 is 1.90 bits per heavy atom. The molecule has 2 aromatic rings. The maximum Gasteiger partial charge on any atom is 0.261 e. The van der Waals surface area contributed by atoms with Gasteiger partial charge in [0.2, 0.25) is 5.89 Å². The molecule has 1 aliphatic heterocycles. The van der Waals surface area contributed by atoms with E-state index in [0.29, 0.717) is 23.6 Å². The van der Waals surface area contributed by atoms with Crippen molar-refractivity contribution >= 4 is 17.5 Å². The number of aromatic nitrogens is 1. The molecule has 1 aromatic heterocycles. The number of nitrogens with one attached hydrogen (secondary N) is 1. The first-order chi connectivity index (χ1) is 9.97. The number of benzene rings is 1. The zero-order chi connectivity index (χ0) is 15.1. The maximum absolute atomic E-state index is 11.9. The number of imide groups is 1. The van der Waals surface area contributed by atoms with Crippen molar-refractivity contribution < 1.29 is 14.0 Å². The predicted molar refractivity (Wildman–Crippen MR) is 76.2 cm³/mol. The van der Waals surface area contributed by atoms with Crippen LogP contribution in [0.4, 0.5) is 5.69 Å². The van der Waals surface area contributed by atoms with Gasteiger partial charge in [0.15, 0.2) is 0 Å². The number of carbonyl (C=O) groups is 2. The van der Waals surface area contributed by atoms with Gasteiger partial charge in [-0.3, -0.25) is 14.5 Å². The lowest BCUT2D eigenvalue weighted by molar-refractivity contribution is 0.0693. The molecule has 0 atom stereocenters. The molecular weight excluding hydrogens is 270 g/mol. The Bertz CT molecular complexity index is 729. The Balaban J connectivity index is 1.79. The first-order valence-electron chi connectivity index (χ1n) is 6.60. The topological polar surface area (TPSA) is 75.4 Å². The molecule has 0 radical (unpaired) electrons. The van der Waals surface area contributed by atoms with Crippen LogP contribution >= 0.6 is 0 Å². The van der Waals surface area contributed by atoms with Crippen LogP contribution in [-0.4, -0.2) is 28.7 Å². The molecule has 0 spiro atoms. The van der Waals surface area contributed by atoms with Crippen LogP contribution in [0.25, 0.3) is 0 Å². The molecule has 1 N–H and O–H groups in total. The van der Waals surface area contributed by atoms with Gasteiger partial charge in [-0.05, 0) is 32.0 Å². The van der Waals surface area contributed by atoms with Crippen LogP contribution in [0.15, 0.2) is 22.6 Å². The summed E-state index contributed by atoms with van der Waals surface area (Å²) >= 11 is 0. The van der Waals surface area contributed by atoms with Gasteiger partial charge < -0.3 is 9.73 Å². The number of nitrogens with zero attached hydrogens (tertiary/aromatic N) is 2. The minimum absolute atomic E-state index is 0.263. The predicted octanol–water partition coefficient (Wildman–Crippen LogP) is 2.13. The van der Waals surface area contributed by atoms with Crippen molar-refractivity contribution in [3.8, 4) is 0 Å². The van der Waals surface area contributed by atoms with Crippen molar-refractivity contribution in [2.75, 3.05) is 12.4 Å². The summed E-state index contributed by atoms with van der Waals surface area (Å²) in [5.41, 5.74) is 2.48. The molecular formula is C15H15N3O3. The van der Waals surface area contributed by atoms with Gasteiger partial charge in [0.05, 0.1) is 23.4 Å². The highest BCUT2D eigenvalue weighted by atomic mass is 16.4. The SMILES string of the molecule is Cc1nc(CNc2ccc3c(c2)C(=O)N(C)C3=O)oc1C. The van der Waals surface area contributed by atoms with Crippen LogP contribution in [0, 0.1) is 13.8 Å². The van der Waals surface area contributed by atoms with Crippen LogP contribution in [0.2, 0.25) is 0 Å². The normalized spacial score (nSPS) is 13.8. The van der Waals surface area contributed by atoms with E-state index in [9.17, 15) is 9.59 Å². The minimum Gasteiger partial charge on any atom is -0.444 e. The van der Waals surface area contributed by atoms with Gasteiger partial charge >= 0.3 is 0 Å². The van der Waals surface area contributed by atoms with Crippen molar-refractivity contribution in [1.29, 1.82) is 0 Å². The summed E-state index contributed by atoms with van der Waals surface area (Å²) in [6.45, 7) is 4.17. The minimum atomic E-state index is -0.276. The molecule has 0 aliphatic carbocycles. The van der Waals surface area contributed by atoms with Crippen LogP contribution in [0.3, 0.4) is 0 Å². The van der Waals surface area contributed by atoms with Gasteiger partial charge in [0.25, 0.3) is 11.8 Å². The second kappa shape index (κ2) is 4.73. The Hall–Kier alpha value is -2.63. The van der Waals surface area contributed by atoms with Gasteiger partial charge in [0, 0.05) is 12.7 Å². The highest BCUT2D eigenvalue weighted by Gasteiger charge is 2.32. The molecule has 0 fully saturated rings. The van der Waals surface area contributed by atoms with Crippen molar-refractivity contribution in [2.24, 2.45) is 0 Å². The lowest BCUT2D eigenvalue weighted by Gasteiger charge is -2.05. The third-order valence-electron chi connectivity index (χ3n) is 3.61. The lowest BCUT2D eigenvalue weighted by atomic mass is 10.1. The average Bonchev–Trinajstić information content (AvgIpc) is 2.90. The molecule has 0 saturated carbocycles. The van der Waals surface area contributed by atoms with Gasteiger partial charge in [0.1, 0.15) is 5.76 Å². The first-order valence-corrected chi connectivity index (χ1v) is 6.60. The molecule has 6 heteroatoms. The van der Waals surface area contributed by atoms with E-state index in [1.54, 1.807) is 18.2 Å². The lowest BCUT2D eigenvalue weighted by Crippen LogP contribution is -2.24. The van der Waals surface area contributed by atoms with Crippen LogP contribution < -0.4 is 5.32 Å². The molecule has 0 unspecified atom stereocenters. The summed E-state index contributed by atoms with van der Waals surface area (Å²) in [6, 6.07) is 5.11. The van der Waals surface area contributed by atoms with Gasteiger partial charge in [-0.15, -0.1) is 0 Å². The molecule has 21 heavy (non-hydrogen) atoms. The first kappa shape index (κ1) is 13.4. The standard InChI is InChI=1S/C15H15N3O3/c1-8-9(2)21-13(17-8)7-16-10-4-5-11-12(6-10)15(20)18(3)14(11)19/h4-6,16H,7H2,1-3H3. The Kier molecular flexibility index (Phi) is 3.01. The fourth-order valence-corrected chi connectivity index (χ4v) is 2.26. The largest absolute Gasteiger partial charge is 0.444 e. The molecule has 3 rings (SSSR count). The van der Waals surface area contributed by atoms with Gasteiger partial charge in [-0.1, -0.05) is 0 Å². The summed E-state index contributed by atoms with van der Waals surface area (Å²) in [5, 5.41) is 3.14. The highest BCUT2D eigenvalue weighted by Crippen LogP contribution is 2.25. The summed E-state index contributed by atoms with van der Waals surface area (Å²) in [4.78, 5) is 29.1. The number of anilines is 1. The molecule has 1 aromatic carbocycles. The van der Waals surface area contributed by atoms with Gasteiger partial charge in [-0.2, -0.15) is 0 Å².